The molecular weight excluding hydrogens is 249 g/mol. The largest absolute Gasteiger partial charge is 0.488 e. The average Bonchev–Trinajstić information content (AvgIpc) is 2.62. The molecular formula is C9H8FN3O3S. The van der Waals surface area contributed by atoms with Gasteiger partial charge in [0, 0.05) is 12.6 Å². The summed E-state index contributed by atoms with van der Waals surface area (Å²) in [5.74, 6) is 0.403. The van der Waals surface area contributed by atoms with Crippen molar-refractivity contribution >= 4 is 10.5 Å². The van der Waals surface area contributed by atoms with Gasteiger partial charge in [0.2, 0.25) is 0 Å². The van der Waals surface area contributed by atoms with Gasteiger partial charge in [-0.25, -0.2) is 9.67 Å². The molecule has 0 fully saturated rings. The third-order valence-corrected chi connectivity index (χ3v) is 2.39. The smallest absolute Gasteiger partial charge is 0.358 e. The van der Waals surface area contributed by atoms with Crippen LogP contribution in [-0.2, 0) is 17.6 Å². The Labute approximate surface area is 97.1 Å². The lowest BCUT2D eigenvalue weighted by Gasteiger charge is -2.03. The maximum atomic E-state index is 12.3. The first kappa shape index (κ1) is 11.5. The highest BCUT2D eigenvalue weighted by Crippen LogP contribution is 2.22. The topological polar surface area (TPSA) is 74.1 Å². The molecule has 2 rings (SSSR count). The molecule has 1 heterocycles. The SMILES string of the molecule is Cn1ncnc1-c1cccc(OS(=O)(=O)F)c1. The first-order chi connectivity index (χ1) is 7.96. The fourth-order valence-electron chi connectivity index (χ4n) is 1.36. The quantitative estimate of drug-likeness (QED) is 0.769. The Kier molecular flexibility index (Phi) is 2.80. The van der Waals surface area contributed by atoms with Crippen molar-refractivity contribution in [1.29, 1.82) is 0 Å². The van der Waals surface area contributed by atoms with Crippen LogP contribution in [0.4, 0.5) is 3.89 Å². The van der Waals surface area contributed by atoms with Crippen LogP contribution in [0.25, 0.3) is 11.4 Å². The summed E-state index contributed by atoms with van der Waals surface area (Å²) in [5.41, 5.74) is 0.575. The zero-order valence-corrected chi connectivity index (χ0v) is 9.56. The second kappa shape index (κ2) is 4.13. The summed E-state index contributed by atoms with van der Waals surface area (Å²) in [6.07, 6.45) is 1.36. The Bertz CT molecular complexity index is 638. The van der Waals surface area contributed by atoms with E-state index in [4.69, 9.17) is 0 Å². The van der Waals surface area contributed by atoms with Crippen LogP contribution >= 0.6 is 0 Å². The van der Waals surface area contributed by atoms with E-state index in [1.165, 1.54) is 29.2 Å². The molecule has 0 bridgehead atoms. The lowest BCUT2D eigenvalue weighted by atomic mass is 10.2. The van der Waals surface area contributed by atoms with Crippen LogP contribution < -0.4 is 4.18 Å². The minimum atomic E-state index is -5.02. The molecule has 8 heteroatoms. The lowest BCUT2D eigenvalue weighted by molar-refractivity contribution is 0.440. The maximum Gasteiger partial charge on any atom is 0.488 e. The molecule has 0 N–H and O–H groups in total. The Morgan fingerprint density at radius 3 is 2.76 bits per heavy atom. The molecule has 0 spiro atoms. The van der Waals surface area contributed by atoms with Gasteiger partial charge < -0.3 is 4.18 Å². The molecule has 2 aromatic rings. The number of halogens is 1. The van der Waals surface area contributed by atoms with Crippen molar-refractivity contribution < 1.29 is 16.5 Å². The van der Waals surface area contributed by atoms with Crippen molar-refractivity contribution in [2.45, 2.75) is 0 Å². The summed E-state index contributed by atoms with van der Waals surface area (Å²) in [7, 11) is -3.33. The van der Waals surface area contributed by atoms with Crippen molar-refractivity contribution in [1.82, 2.24) is 14.8 Å². The van der Waals surface area contributed by atoms with E-state index in [2.05, 4.69) is 14.3 Å². The third kappa shape index (κ3) is 2.78. The Morgan fingerprint density at radius 2 is 2.18 bits per heavy atom. The number of aryl methyl sites for hydroxylation is 1. The van der Waals surface area contributed by atoms with Crippen LogP contribution in [0.15, 0.2) is 30.6 Å². The van der Waals surface area contributed by atoms with Gasteiger partial charge in [0.25, 0.3) is 0 Å². The number of benzene rings is 1. The fourth-order valence-corrected chi connectivity index (χ4v) is 1.69. The van der Waals surface area contributed by atoms with Crippen LogP contribution in [0.2, 0.25) is 0 Å². The lowest BCUT2D eigenvalue weighted by Crippen LogP contribution is -2.01. The number of hydrogen-bond acceptors (Lipinski definition) is 5. The Morgan fingerprint density at radius 1 is 1.41 bits per heavy atom. The molecule has 1 aromatic carbocycles. The van der Waals surface area contributed by atoms with E-state index in [0.29, 0.717) is 11.4 Å². The van der Waals surface area contributed by atoms with E-state index in [-0.39, 0.29) is 5.75 Å². The van der Waals surface area contributed by atoms with Crippen LogP contribution in [0.3, 0.4) is 0 Å². The molecule has 0 radical (unpaired) electrons. The van der Waals surface area contributed by atoms with Gasteiger partial charge in [0.1, 0.15) is 12.1 Å². The van der Waals surface area contributed by atoms with Crippen LogP contribution in [0, 0.1) is 0 Å². The fraction of sp³-hybridized carbons (Fsp3) is 0.111. The molecule has 0 saturated carbocycles. The highest BCUT2D eigenvalue weighted by atomic mass is 32.3. The number of aromatic nitrogens is 3. The second-order valence-electron chi connectivity index (χ2n) is 3.21. The van der Waals surface area contributed by atoms with E-state index in [9.17, 15) is 12.3 Å². The predicted molar refractivity (Wildman–Crippen MR) is 57.1 cm³/mol. The van der Waals surface area contributed by atoms with E-state index >= 15 is 0 Å². The van der Waals surface area contributed by atoms with Crippen LogP contribution in [-0.4, -0.2) is 23.2 Å². The van der Waals surface area contributed by atoms with Gasteiger partial charge in [-0.3, -0.25) is 0 Å². The maximum absolute atomic E-state index is 12.3. The molecule has 1 aromatic heterocycles. The van der Waals surface area contributed by atoms with Crippen molar-refractivity contribution in [2.75, 3.05) is 0 Å². The molecule has 0 aliphatic heterocycles. The molecule has 0 unspecified atom stereocenters. The highest BCUT2D eigenvalue weighted by Gasteiger charge is 2.11. The van der Waals surface area contributed by atoms with E-state index in [1.54, 1.807) is 13.1 Å². The first-order valence-corrected chi connectivity index (χ1v) is 5.85. The average molecular weight is 257 g/mol. The normalized spacial score (nSPS) is 11.4. The van der Waals surface area contributed by atoms with Crippen molar-refractivity contribution in [2.24, 2.45) is 7.05 Å². The minimum absolute atomic E-state index is 0.118. The second-order valence-corrected chi connectivity index (χ2v) is 4.16. The van der Waals surface area contributed by atoms with Gasteiger partial charge in [0.05, 0.1) is 0 Å². The van der Waals surface area contributed by atoms with E-state index < -0.39 is 10.5 Å². The summed E-state index contributed by atoms with van der Waals surface area (Å²) < 4.78 is 38.7. The molecule has 0 amide bonds. The van der Waals surface area contributed by atoms with Crippen molar-refractivity contribution in [3.63, 3.8) is 0 Å². The summed E-state index contributed by atoms with van der Waals surface area (Å²) >= 11 is 0. The monoisotopic (exact) mass is 257 g/mol. The Balaban J connectivity index is 2.39. The van der Waals surface area contributed by atoms with Crippen molar-refractivity contribution in [3.8, 4) is 17.1 Å². The number of hydrogen-bond donors (Lipinski definition) is 0. The highest BCUT2D eigenvalue weighted by molar-refractivity contribution is 7.81. The standard InChI is InChI=1S/C9H8FN3O3S/c1-13-9(11-6-12-13)7-3-2-4-8(5-7)16-17(10,14)15/h2-6H,1H3. The van der Waals surface area contributed by atoms with Crippen molar-refractivity contribution in [3.05, 3.63) is 30.6 Å². The zero-order valence-electron chi connectivity index (χ0n) is 8.74. The summed E-state index contributed by atoms with van der Waals surface area (Å²) in [4.78, 5) is 3.98. The first-order valence-electron chi connectivity index (χ1n) is 4.54. The molecule has 6 nitrogen and oxygen atoms in total. The van der Waals surface area contributed by atoms with Gasteiger partial charge in [0.15, 0.2) is 5.82 Å². The zero-order chi connectivity index (χ0) is 12.5. The van der Waals surface area contributed by atoms with E-state index in [1.807, 2.05) is 0 Å². The summed E-state index contributed by atoms with van der Waals surface area (Å²) in [6, 6.07) is 5.91. The van der Waals surface area contributed by atoms with Crippen LogP contribution in [0.1, 0.15) is 0 Å². The van der Waals surface area contributed by atoms with Gasteiger partial charge >= 0.3 is 10.5 Å². The van der Waals surface area contributed by atoms with Gasteiger partial charge in [-0.1, -0.05) is 16.0 Å². The third-order valence-electron chi connectivity index (χ3n) is 2.00. The molecule has 17 heavy (non-hydrogen) atoms. The Hall–Kier alpha value is -1.96. The van der Waals surface area contributed by atoms with E-state index in [0.717, 1.165) is 0 Å². The number of nitrogens with zero attached hydrogens (tertiary/aromatic N) is 3. The molecule has 0 atom stereocenters. The van der Waals surface area contributed by atoms with Gasteiger partial charge in [-0.2, -0.15) is 13.5 Å². The molecule has 0 saturated heterocycles. The van der Waals surface area contributed by atoms with Gasteiger partial charge in [-0.15, -0.1) is 0 Å². The van der Waals surface area contributed by atoms with Gasteiger partial charge in [-0.05, 0) is 12.1 Å². The predicted octanol–water partition coefficient (Wildman–Crippen LogP) is 1.08. The molecule has 90 valence electrons. The minimum Gasteiger partial charge on any atom is -0.358 e. The van der Waals surface area contributed by atoms with Crippen LogP contribution in [0.5, 0.6) is 5.75 Å². The molecule has 0 aliphatic rings. The number of rotatable bonds is 3. The summed E-state index contributed by atoms with van der Waals surface area (Å²) in [5, 5.41) is 3.87. The molecule has 0 aliphatic carbocycles. The summed E-state index contributed by atoms with van der Waals surface area (Å²) in [6.45, 7) is 0.